The van der Waals surface area contributed by atoms with Crippen molar-refractivity contribution < 1.29 is 0 Å². The van der Waals surface area contributed by atoms with E-state index in [-0.39, 0.29) is 0 Å². The van der Waals surface area contributed by atoms with E-state index >= 15 is 0 Å². The Morgan fingerprint density at radius 2 is 0.900 bits per heavy atom. The number of benzene rings is 1. The molecule has 1 aromatic carbocycles. The van der Waals surface area contributed by atoms with Crippen LogP contribution in [0.25, 0.3) is 0 Å². The SMILES string of the molecule is c1cc2ccc1CCCCC1CCC(CCCC2)CC1. The molecule has 0 heteroatoms. The normalized spacial score (nSPS) is 28.6. The second-order valence-electron chi connectivity index (χ2n) is 7.19. The summed E-state index contributed by atoms with van der Waals surface area (Å²) in [6.07, 6.45) is 17.3. The monoisotopic (exact) mass is 270 g/mol. The van der Waals surface area contributed by atoms with Crippen LogP contribution in [0.3, 0.4) is 0 Å². The van der Waals surface area contributed by atoms with E-state index in [1.54, 1.807) is 11.1 Å². The van der Waals surface area contributed by atoms with Crippen molar-refractivity contribution in [1.29, 1.82) is 0 Å². The van der Waals surface area contributed by atoms with E-state index < -0.39 is 0 Å². The highest BCUT2D eigenvalue weighted by atomic mass is 14.3. The van der Waals surface area contributed by atoms with Gasteiger partial charge < -0.3 is 0 Å². The molecule has 0 heterocycles. The first-order chi connectivity index (χ1) is 9.90. The van der Waals surface area contributed by atoms with Crippen molar-refractivity contribution in [2.45, 2.75) is 77.0 Å². The van der Waals surface area contributed by atoms with Gasteiger partial charge in [-0.1, -0.05) is 75.6 Å². The molecule has 5 aliphatic carbocycles. The Hall–Kier alpha value is -0.780. The molecule has 6 rings (SSSR count). The summed E-state index contributed by atoms with van der Waals surface area (Å²) in [5, 5.41) is 0. The summed E-state index contributed by atoms with van der Waals surface area (Å²) in [7, 11) is 0. The standard InChI is InChI=1S/C20H30/c1-2-6-18-13-15-20(16-14-18)8-4-3-7-19-11-9-17(5-1)10-12-19/h9-12,18,20H,1-8,13-16H2. The topological polar surface area (TPSA) is 0 Å². The molecule has 110 valence electrons. The van der Waals surface area contributed by atoms with Gasteiger partial charge in [0.05, 0.1) is 0 Å². The fourth-order valence-corrected chi connectivity index (χ4v) is 4.21. The van der Waals surface area contributed by atoms with E-state index in [9.17, 15) is 0 Å². The lowest BCUT2D eigenvalue weighted by molar-refractivity contribution is 0.245. The van der Waals surface area contributed by atoms with Gasteiger partial charge in [0.2, 0.25) is 0 Å². The maximum atomic E-state index is 2.37. The van der Waals surface area contributed by atoms with Gasteiger partial charge in [0, 0.05) is 0 Å². The number of hydrogen-bond donors (Lipinski definition) is 0. The van der Waals surface area contributed by atoms with Crippen molar-refractivity contribution >= 4 is 0 Å². The van der Waals surface area contributed by atoms with Crippen LogP contribution in [0.4, 0.5) is 0 Å². The van der Waals surface area contributed by atoms with Gasteiger partial charge in [-0.05, 0) is 48.6 Å². The van der Waals surface area contributed by atoms with Crippen LogP contribution >= 0.6 is 0 Å². The van der Waals surface area contributed by atoms with Gasteiger partial charge in [-0.2, -0.15) is 0 Å². The molecule has 0 N–H and O–H groups in total. The number of hydrogen-bond acceptors (Lipinski definition) is 0. The lowest BCUT2D eigenvalue weighted by Gasteiger charge is -2.28. The van der Waals surface area contributed by atoms with E-state index in [0.29, 0.717) is 0 Å². The Bertz CT molecular complexity index is 342. The highest BCUT2D eigenvalue weighted by Gasteiger charge is 2.20. The lowest BCUT2D eigenvalue weighted by Crippen LogP contribution is -2.14. The Balaban J connectivity index is 1.60. The zero-order valence-corrected chi connectivity index (χ0v) is 12.9. The number of rotatable bonds is 0. The van der Waals surface area contributed by atoms with Crippen LogP contribution in [0.1, 0.15) is 75.3 Å². The fourth-order valence-electron chi connectivity index (χ4n) is 4.21. The fraction of sp³-hybridized carbons (Fsp3) is 0.700. The Labute approximate surface area is 125 Å². The van der Waals surface area contributed by atoms with Gasteiger partial charge in [0.15, 0.2) is 0 Å². The zero-order valence-electron chi connectivity index (χ0n) is 12.9. The molecule has 0 saturated heterocycles. The largest absolute Gasteiger partial charge is 0.0588 e. The third-order valence-electron chi connectivity index (χ3n) is 5.64. The number of aryl methyl sites for hydroxylation is 2. The molecule has 0 aromatic heterocycles. The molecule has 0 atom stereocenters. The summed E-state index contributed by atoms with van der Waals surface area (Å²) < 4.78 is 0. The van der Waals surface area contributed by atoms with Gasteiger partial charge in [-0.3, -0.25) is 0 Å². The molecule has 1 saturated carbocycles. The van der Waals surface area contributed by atoms with Crippen molar-refractivity contribution in [1.82, 2.24) is 0 Å². The van der Waals surface area contributed by atoms with Crippen molar-refractivity contribution in [2.75, 3.05) is 0 Å². The van der Waals surface area contributed by atoms with Crippen LogP contribution in [0, 0.1) is 11.8 Å². The highest BCUT2D eigenvalue weighted by molar-refractivity contribution is 5.22. The molecule has 0 radical (unpaired) electrons. The van der Waals surface area contributed by atoms with Gasteiger partial charge in [0.25, 0.3) is 0 Å². The van der Waals surface area contributed by atoms with Gasteiger partial charge in [-0.15, -0.1) is 0 Å². The highest BCUT2D eigenvalue weighted by Crippen LogP contribution is 2.34. The Morgan fingerprint density at radius 1 is 0.500 bits per heavy atom. The third-order valence-corrected chi connectivity index (χ3v) is 5.64. The van der Waals surface area contributed by atoms with Crippen molar-refractivity contribution in [2.24, 2.45) is 11.8 Å². The molecule has 0 aliphatic heterocycles. The van der Waals surface area contributed by atoms with Crippen molar-refractivity contribution in [3.05, 3.63) is 35.4 Å². The third kappa shape index (κ3) is 4.11. The van der Waals surface area contributed by atoms with Crippen LogP contribution in [-0.4, -0.2) is 0 Å². The predicted molar refractivity (Wildman–Crippen MR) is 87.0 cm³/mol. The molecule has 4 bridgehead atoms. The van der Waals surface area contributed by atoms with Gasteiger partial charge in [-0.25, -0.2) is 0 Å². The maximum Gasteiger partial charge on any atom is -0.0279 e. The summed E-state index contributed by atoms with van der Waals surface area (Å²) in [6.45, 7) is 0. The molecule has 0 unspecified atom stereocenters. The van der Waals surface area contributed by atoms with Crippen LogP contribution in [0.2, 0.25) is 0 Å². The van der Waals surface area contributed by atoms with E-state index in [1.165, 1.54) is 77.0 Å². The summed E-state index contributed by atoms with van der Waals surface area (Å²) >= 11 is 0. The second-order valence-corrected chi connectivity index (χ2v) is 7.19. The smallest absolute Gasteiger partial charge is 0.0279 e. The van der Waals surface area contributed by atoms with Gasteiger partial charge in [0.1, 0.15) is 0 Å². The Kier molecular flexibility index (Phi) is 5.17. The van der Waals surface area contributed by atoms with Crippen molar-refractivity contribution in [3.63, 3.8) is 0 Å². The molecular formula is C20H30. The lowest BCUT2D eigenvalue weighted by atomic mass is 9.77. The second kappa shape index (κ2) is 7.29. The first kappa shape index (κ1) is 14.2. The first-order valence-corrected chi connectivity index (χ1v) is 8.98. The van der Waals surface area contributed by atoms with E-state index in [4.69, 9.17) is 0 Å². The molecule has 0 nitrogen and oxygen atoms in total. The quantitative estimate of drug-likeness (QED) is 0.548. The van der Waals surface area contributed by atoms with E-state index in [0.717, 1.165) is 11.8 Å². The van der Waals surface area contributed by atoms with Crippen LogP contribution in [-0.2, 0) is 12.8 Å². The summed E-state index contributed by atoms with van der Waals surface area (Å²) in [5.41, 5.74) is 3.09. The zero-order chi connectivity index (χ0) is 13.6. The van der Waals surface area contributed by atoms with E-state index in [1.807, 2.05) is 0 Å². The molecule has 20 heavy (non-hydrogen) atoms. The van der Waals surface area contributed by atoms with Gasteiger partial charge >= 0.3 is 0 Å². The molecule has 5 aliphatic rings. The van der Waals surface area contributed by atoms with Crippen LogP contribution in [0.5, 0.6) is 0 Å². The molecular weight excluding hydrogens is 240 g/mol. The summed E-state index contributed by atoms with van der Waals surface area (Å²) in [6, 6.07) is 9.47. The minimum atomic E-state index is 1.06. The average molecular weight is 270 g/mol. The molecule has 1 aromatic rings. The minimum Gasteiger partial charge on any atom is -0.0588 e. The van der Waals surface area contributed by atoms with Crippen LogP contribution in [0.15, 0.2) is 24.3 Å². The first-order valence-electron chi connectivity index (χ1n) is 8.98. The van der Waals surface area contributed by atoms with Crippen LogP contribution < -0.4 is 0 Å². The predicted octanol–water partition coefficient (Wildman–Crippen LogP) is 5.93. The molecule has 0 amide bonds. The summed E-state index contributed by atoms with van der Waals surface area (Å²) in [5.74, 6) is 2.11. The Morgan fingerprint density at radius 3 is 1.30 bits per heavy atom. The molecule has 1 fully saturated rings. The maximum absolute atomic E-state index is 2.37. The van der Waals surface area contributed by atoms with E-state index in [2.05, 4.69) is 24.3 Å². The molecule has 0 spiro atoms. The van der Waals surface area contributed by atoms with Crippen molar-refractivity contribution in [3.8, 4) is 0 Å². The summed E-state index contributed by atoms with van der Waals surface area (Å²) in [4.78, 5) is 0. The minimum absolute atomic E-state index is 1.06. The average Bonchev–Trinajstić information content (AvgIpc) is 2.49.